The first-order chi connectivity index (χ1) is 14.0. The Morgan fingerprint density at radius 2 is 1.86 bits per heavy atom. The number of nitrogens with zero attached hydrogens (tertiary/aromatic N) is 1. The summed E-state index contributed by atoms with van der Waals surface area (Å²) in [4.78, 5) is 16.7. The summed E-state index contributed by atoms with van der Waals surface area (Å²) in [5.74, 6) is 1.25. The Morgan fingerprint density at radius 3 is 2.55 bits per heavy atom. The molecule has 3 rings (SSSR count). The number of hydrogen-bond acceptors (Lipinski definition) is 5. The van der Waals surface area contributed by atoms with Crippen LogP contribution in [0.1, 0.15) is 37.8 Å². The maximum atomic E-state index is 12.3. The molecule has 1 aliphatic heterocycles. The van der Waals surface area contributed by atoms with Gasteiger partial charge in [-0.15, -0.1) is 0 Å². The molecular formula is C22H21I2NO4. The molecule has 0 unspecified atom stereocenters. The zero-order valence-corrected chi connectivity index (χ0v) is 20.5. The first-order valence-corrected chi connectivity index (χ1v) is 11.5. The Labute approximate surface area is 197 Å². The van der Waals surface area contributed by atoms with Gasteiger partial charge in [0.05, 0.1) is 16.8 Å². The van der Waals surface area contributed by atoms with Crippen LogP contribution in [-0.2, 0) is 9.53 Å². The lowest BCUT2D eigenvalue weighted by Crippen LogP contribution is -2.05. The van der Waals surface area contributed by atoms with Gasteiger partial charge in [0.1, 0.15) is 0 Å². The number of hydrogen-bond donors (Lipinski definition) is 0. The van der Waals surface area contributed by atoms with E-state index < -0.39 is 5.97 Å². The van der Waals surface area contributed by atoms with Crippen molar-refractivity contribution in [3.63, 3.8) is 0 Å². The highest BCUT2D eigenvalue weighted by molar-refractivity contribution is 14.1. The van der Waals surface area contributed by atoms with E-state index in [1.165, 1.54) is 0 Å². The number of rotatable bonds is 8. The van der Waals surface area contributed by atoms with E-state index in [4.69, 9.17) is 14.2 Å². The third-order valence-electron chi connectivity index (χ3n) is 4.09. The van der Waals surface area contributed by atoms with Gasteiger partial charge in [-0.2, -0.15) is 0 Å². The van der Waals surface area contributed by atoms with Crippen molar-refractivity contribution < 1.29 is 19.0 Å². The van der Waals surface area contributed by atoms with Crippen molar-refractivity contribution in [2.24, 2.45) is 4.99 Å². The molecule has 1 aliphatic rings. The Morgan fingerprint density at radius 1 is 1.10 bits per heavy atom. The van der Waals surface area contributed by atoms with Crippen LogP contribution in [0.15, 0.2) is 47.1 Å². The summed E-state index contributed by atoms with van der Waals surface area (Å²) in [6.45, 7) is 5.22. The zero-order chi connectivity index (χ0) is 20.8. The van der Waals surface area contributed by atoms with Crippen molar-refractivity contribution in [2.45, 2.75) is 26.7 Å². The quantitative estimate of drug-likeness (QED) is 0.162. The Balaban J connectivity index is 1.90. The number of halogens is 2. The van der Waals surface area contributed by atoms with Gasteiger partial charge in [-0.1, -0.05) is 13.3 Å². The fourth-order valence-corrected chi connectivity index (χ4v) is 3.82. The minimum Gasteiger partial charge on any atom is -0.490 e. The van der Waals surface area contributed by atoms with Gasteiger partial charge < -0.3 is 14.2 Å². The average Bonchev–Trinajstić information content (AvgIpc) is 3.05. The number of benzene rings is 2. The van der Waals surface area contributed by atoms with Gasteiger partial charge in [-0.3, -0.25) is 0 Å². The van der Waals surface area contributed by atoms with Crippen molar-refractivity contribution in [1.82, 2.24) is 0 Å². The van der Waals surface area contributed by atoms with Gasteiger partial charge in [0.25, 0.3) is 0 Å². The highest BCUT2D eigenvalue weighted by Gasteiger charge is 2.24. The van der Waals surface area contributed by atoms with Gasteiger partial charge in [0.15, 0.2) is 17.2 Å². The molecule has 0 atom stereocenters. The first kappa shape index (κ1) is 22.1. The van der Waals surface area contributed by atoms with Crippen LogP contribution in [0, 0.1) is 7.14 Å². The largest absolute Gasteiger partial charge is 0.490 e. The van der Waals surface area contributed by atoms with Crippen molar-refractivity contribution in [3.8, 4) is 11.5 Å². The number of ether oxygens (including phenoxy) is 3. The Bertz CT molecular complexity index is 952. The zero-order valence-electron chi connectivity index (χ0n) is 16.2. The molecule has 0 saturated heterocycles. The Kier molecular flexibility index (Phi) is 7.93. The molecule has 0 aromatic heterocycles. The number of unbranched alkanes of at least 4 members (excludes halogenated alkanes) is 1. The van der Waals surface area contributed by atoms with Crippen LogP contribution in [0.2, 0.25) is 0 Å². The van der Waals surface area contributed by atoms with Crippen LogP contribution in [0.25, 0.3) is 6.08 Å². The molecule has 0 amide bonds. The predicted molar refractivity (Wildman–Crippen MR) is 130 cm³/mol. The van der Waals surface area contributed by atoms with E-state index in [9.17, 15) is 4.79 Å². The normalized spacial score (nSPS) is 14.7. The van der Waals surface area contributed by atoms with Crippen LogP contribution >= 0.6 is 45.2 Å². The molecule has 0 aliphatic carbocycles. The van der Waals surface area contributed by atoms with Crippen LogP contribution in [0.5, 0.6) is 11.5 Å². The van der Waals surface area contributed by atoms with Crippen molar-refractivity contribution >= 4 is 63.1 Å². The number of carbonyl (C=O) groups excluding carboxylic acids is 1. The van der Waals surface area contributed by atoms with Crippen molar-refractivity contribution in [1.29, 1.82) is 0 Å². The summed E-state index contributed by atoms with van der Waals surface area (Å²) in [7, 11) is 0. The molecule has 29 heavy (non-hydrogen) atoms. The lowest BCUT2D eigenvalue weighted by atomic mass is 10.1. The van der Waals surface area contributed by atoms with Crippen LogP contribution in [0.3, 0.4) is 0 Å². The highest BCUT2D eigenvalue weighted by Crippen LogP contribution is 2.35. The summed E-state index contributed by atoms with van der Waals surface area (Å²) in [5.41, 5.74) is 1.84. The molecule has 0 fully saturated rings. The number of aliphatic imine (C=N–C) groups is 1. The molecule has 7 heteroatoms. The van der Waals surface area contributed by atoms with E-state index in [1.807, 2.05) is 43.3 Å². The standard InChI is InChI=1S/C22H21I2NO4/c1-3-5-10-28-20-17(24)11-14(13-19(20)27-4-2)12-18-22(26)29-21(25-18)15-6-8-16(23)9-7-15/h6-9,11-13H,3-5,10H2,1-2H3/b18-12-. The summed E-state index contributed by atoms with van der Waals surface area (Å²) >= 11 is 4.45. The predicted octanol–water partition coefficient (Wildman–Crippen LogP) is 5.82. The molecule has 152 valence electrons. The highest BCUT2D eigenvalue weighted by atomic mass is 127. The van der Waals surface area contributed by atoms with Crippen molar-refractivity contribution in [2.75, 3.05) is 13.2 Å². The third-order valence-corrected chi connectivity index (χ3v) is 5.61. The van der Waals surface area contributed by atoms with Gasteiger partial charge in [0.2, 0.25) is 5.90 Å². The van der Waals surface area contributed by atoms with Gasteiger partial charge in [-0.05, 0) is 107 Å². The average molecular weight is 617 g/mol. The molecule has 2 aromatic carbocycles. The molecule has 1 heterocycles. The number of esters is 1. The second-order valence-corrected chi connectivity index (χ2v) is 8.72. The minimum atomic E-state index is -0.463. The van der Waals surface area contributed by atoms with E-state index >= 15 is 0 Å². The molecule has 5 nitrogen and oxygen atoms in total. The molecule has 0 saturated carbocycles. The van der Waals surface area contributed by atoms with E-state index in [-0.39, 0.29) is 5.70 Å². The smallest absolute Gasteiger partial charge is 0.363 e. The third kappa shape index (κ3) is 5.71. The van der Waals surface area contributed by atoms with Crippen LogP contribution < -0.4 is 9.47 Å². The topological polar surface area (TPSA) is 57.1 Å². The maximum Gasteiger partial charge on any atom is 0.363 e. The fraction of sp³-hybridized carbons (Fsp3) is 0.273. The van der Waals surface area contributed by atoms with Gasteiger partial charge >= 0.3 is 5.97 Å². The van der Waals surface area contributed by atoms with E-state index in [1.54, 1.807) is 6.08 Å². The summed E-state index contributed by atoms with van der Waals surface area (Å²) in [6.07, 6.45) is 3.76. The molecule has 0 radical (unpaired) electrons. The second-order valence-electron chi connectivity index (χ2n) is 6.31. The molecule has 0 spiro atoms. The van der Waals surface area contributed by atoms with Crippen molar-refractivity contribution in [3.05, 3.63) is 60.4 Å². The Hall–Kier alpha value is -1.62. The van der Waals surface area contributed by atoms with Gasteiger partial charge in [0, 0.05) is 9.13 Å². The van der Waals surface area contributed by atoms with E-state index in [2.05, 4.69) is 57.1 Å². The van der Waals surface area contributed by atoms with Crippen LogP contribution in [0.4, 0.5) is 0 Å². The number of cyclic esters (lactones) is 1. The van der Waals surface area contributed by atoms with E-state index in [0.717, 1.165) is 36.9 Å². The minimum absolute atomic E-state index is 0.261. The summed E-state index contributed by atoms with van der Waals surface area (Å²) in [6, 6.07) is 11.5. The molecule has 2 aromatic rings. The lowest BCUT2D eigenvalue weighted by molar-refractivity contribution is -0.129. The molecular weight excluding hydrogens is 596 g/mol. The summed E-state index contributed by atoms with van der Waals surface area (Å²) < 4.78 is 19.1. The number of carbonyl (C=O) groups is 1. The fourth-order valence-electron chi connectivity index (χ4n) is 2.68. The van der Waals surface area contributed by atoms with E-state index in [0.29, 0.717) is 24.9 Å². The van der Waals surface area contributed by atoms with Crippen LogP contribution in [-0.4, -0.2) is 25.1 Å². The lowest BCUT2D eigenvalue weighted by Gasteiger charge is -2.14. The first-order valence-electron chi connectivity index (χ1n) is 9.39. The van der Waals surface area contributed by atoms with Gasteiger partial charge in [-0.25, -0.2) is 9.79 Å². The monoisotopic (exact) mass is 617 g/mol. The summed E-state index contributed by atoms with van der Waals surface area (Å²) in [5, 5.41) is 0. The SMILES string of the molecule is CCCCOc1c(I)cc(/C=C2\N=C(c3ccc(I)cc3)OC2=O)cc1OCC. The molecule has 0 N–H and O–H groups in total. The second kappa shape index (κ2) is 10.4. The maximum absolute atomic E-state index is 12.3. The molecule has 0 bridgehead atoms.